The molecule has 2 rings (SSSR count). The van der Waals surface area contributed by atoms with Crippen LogP contribution in [0.15, 0.2) is 48.5 Å². The summed E-state index contributed by atoms with van der Waals surface area (Å²) >= 11 is 0. The lowest BCUT2D eigenvalue weighted by Crippen LogP contribution is -1.87. The minimum absolute atomic E-state index is 0.146. The molecule has 15 heavy (non-hydrogen) atoms. The van der Waals surface area contributed by atoms with Gasteiger partial charge in [-0.2, -0.15) is 8.78 Å². The highest BCUT2D eigenvalue weighted by Crippen LogP contribution is 2.25. The highest BCUT2D eigenvalue weighted by Gasteiger charge is 2.06. The van der Waals surface area contributed by atoms with Gasteiger partial charge in [0, 0.05) is 5.20 Å². The molecule has 0 unspecified atom stereocenters. The van der Waals surface area contributed by atoms with E-state index in [0.717, 1.165) is 10.8 Å². The van der Waals surface area contributed by atoms with Gasteiger partial charge < -0.3 is 0 Å². The van der Waals surface area contributed by atoms with Crippen molar-refractivity contribution in [1.82, 2.24) is 0 Å². The van der Waals surface area contributed by atoms with Crippen LogP contribution >= 0.6 is 0 Å². The lowest BCUT2D eigenvalue weighted by molar-refractivity contribution is 0.428. The van der Waals surface area contributed by atoms with Crippen LogP contribution in [0, 0.1) is 0 Å². The van der Waals surface area contributed by atoms with Gasteiger partial charge in [-0.05, 0) is 16.3 Å². The van der Waals surface area contributed by atoms with Crippen molar-refractivity contribution in [3.63, 3.8) is 0 Å². The van der Waals surface area contributed by atoms with Gasteiger partial charge in [-0.25, -0.2) is 0 Å². The van der Waals surface area contributed by atoms with Crippen molar-refractivity contribution in [1.29, 1.82) is 0 Å². The second-order valence-corrected chi connectivity index (χ2v) is 3.66. The van der Waals surface area contributed by atoms with Crippen LogP contribution in [-0.2, 0) is 0 Å². The first-order valence-electron chi connectivity index (χ1n) is 4.45. The van der Waals surface area contributed by atoms with Crippen LogP contribution in [0.25, 0.3) is 16.0 Å². The van der Waals surface area contributed by atoms with Gasteiger partial charge in [0.05, 0.1) is 10.2 Å². The van der Waals surface area contributed by atoms with E-state index in [2.05, 4.69) is 10.2 Å². The Morgan fingerprint density at radius 2 is 1.60 bits per heavy atom. The van der Waals surface area contributed by atoms with Crippen molar-refractivity contribution < 1.29 is 8.78 Å². The van der Waals surface area contributed by atoms with Crippen molar-refractivity contribution in [2.24, 2.45) is 0 Å². The fourth-order valence-corrected chi connectivity index (χ4v) is 1.76. The Balaban J connectivity index is 2.77. The van der Waals surface area contributed by atoms with E-state index < -0.39 is 6.08 Å². The SMILES string of the molecule is FC(F)=C([Si])c1cccc2ccccc12. The molecule has 3 heteroatoms. The maximum atomic E-state index is 12.5. The van der Waals surface area contributed by atoms with Crippen LogP contribution in [0.3, 0.4) is 0 Å². The highest BCUT2D eigenvalue weighted by molar-refractivity contribution is 6.43. The summed E-state index contributed by atoms with van der Waals surface area (Å²) in [6.07, 6.45) is -1.71. The molecule has 0 atom stereocenters. The van der Waals surface area contributed by atoms with Crippen LogP contribution in [0.5, 0.6) is 0 Å². The van der Waals surface area contributed by atoms with Crippen LogP contribution in [0.2, 0.25) is 0 Å². The molecule has 2 aromatic carbocycles. The van der Waals surface area contributed by atoms with Gasteiger partial charge in [0.15, 0.2) is 0 Å². The van der Waals surface area contributed by atoms with E-state index in [9.17, 15) is 8.78 Å². The Morgan fingerprint density at radius 1 is 0.933 bits per heavy atom. The Bertz CT molecular complexity index is 523. The Hall–Kier alpha value is -1.48. The summed E-state index contributed by atoms with van der Waals surface area (Å²) < 4.78 is 24.9. The highest BCUT2D eigenvalue weighted by atomic mass is 28.1. The van der Waals surface area contributed by atoms with Crippen molar-refractivity contribution in [2.75, 3.05) is 0 Å². The lowest BCUT2D eigenvalue weighted by atomic mass is 10.0. The molecule has 3 radical (unpaired) electrons. The minimum Gasteiger partial charge on any atom is -0.174 e. The average Bonchev–Trinajstić information content (AvgIpc) is 2.27. The standard InChI is InChI=1S/C12H7F2Si/c13-12(14)11(15)10-7-3-5-8-4-1-2-6-9(8)10/h1-7H. The van der Waals surface area contributed by atoms with Crippen molar-refractivity contribution in [3.8, 4) is 0 Å². The zero-order valence-corrected chi connectivity index (χ0v) is 8.80. The molecule has 0 spiro atoms. The van der Waals surface area contributed by atoms with Crippen molar-refractivity contribution in [2.45, 2.75) is 0 Å². The molecule has 0 aliphatic carbocycles. The monoisotopic (exact) mass is 217 g/mol. The van der Waals surface area contributed by atoms with Gasteiger partial charge in [0.1, 0.15) is 0 Å². The molecule has 0 nitrogen and oxygen atoms in total. The summed E-state index contributed by atoms with van der Waals surface area (Å²) in [7, 11) is 2.96. The second-order valence-electron chi connectivity index (χ2n) is 3.16. The molecule has 0 aliphatic heterocycles. The summed E-state index contributed by atoms with van der Waals surface area (Å²) in [5.74, 6) is 0. The molecule has 0 fully saturated rings. The normalized spacial score (nSPS) is 10.3. The minimum atomic E-state index is -1.71. The summed E-state index contributed by atoms with van der Waals surface area (Å²) in [6.45, 7) is 0. The van der Waals surface area contributed by atoms with Gasteiger partial charge in [0.25, 0.3) is 6.08 Å². The van der Waals surface area contributed by atoms with Gasteiger partial charge in [0.2, 0.25) is 0 Å². The third-order valence-corrected chi connectivity index (χ3v) is 2.71. The van der Waals surface area contributed by atoms with Crippen molar-refractivity contribution >= 4 is 26.2 Å². The number of rotatable bonds is 1. The topological polar surface area (TPSA) is 0 Å². The summed E-state index contributed by atoms with van der Waals surface area (Å²) in [6, 6.07) is 12.8. The van der Waals surface area contributed by atoms with E-state index in [1.807, 2.05) is 30.3 Å². The fraction of sp³-hybridized carbons (Fsp3) is 0. The van der Waals surface area contributed by atoms with Gasteiger partial charge >= 0.3 is 0 Å². The van der Waals surface area contributed by atoms with E-state index in [4.69, 9.17) is 0 Å². The predicted octanol–water partition coefficient (Wildman–Crippen LogP) is 3.57. The third-order valence-electron chi connectivity index (χ3n) is 2.25. The molecule has 2 aromatic rings. The molecule has 0 aromatic heterocycles. The van der Waals surface area contributed by atoms with E-state index >= 15 is 0 Å². The number of fused-ring (bicyclic) bond motifs is 1. The fourth-order valence-electron chi connectivity index (χ4n) is 1.55. The van der Waals surface area contributed by atoms with Crippen LogP contribution in [-0.4, -0.2) is 10.2 Å². The second kappa shape index (κ2) is 3.94. The summed E-state index contributed by atoms with van der Waals surface area (Å²) in [5, 5.41) is 1.62. The van der Waals surface area contributed by atoms with E-state index in [1.165, 1.54) is 0 Å². The zero-order chi connectivity index (χ0) is 10.8. The summed E-state index contributed by atoms with van der Waals surface area (Å²) in [4.78, 5) is 0. The number of halogens is 2. The summed E-state index contributed by atoms with van der Waals surface area (Å²) in [5.41, 5.74) is 0.518. The zero-order valence-electron chi connectivity index (χ0n) is 7.80. The number of benzene rings is 2. The lowest BCUT2D eigenvalue weighted by Gasteiger charge is -2.05. The molecule has 73 valence electrons. The molecular weight excluding hydrogens is 210 g/mol. The smallest absolute Gasteiger partial charge is 0.174 e. The van der Waals surface area contributed by atoms with Crippen LogP contribution in [0.1, 0.15) is 5.56 Å². The quantitative estimate of drug-likeness (QED) is 0.640. The first-order valence-corrected chi connectivity index (χ1v) is 4.95. The van der Waals surface area contributed by atoms with Gasteiger partial charge in [-0.15, -0.1) is 0 Å². The number of hydrogen-bond donors (Lipinski definition) is 0. The molecule has 0 bridgehead atoms. The van der Waals surface area contributed by atoms with E-state index in [0.29, 0.717) is 5.56 Å². The Labute approximate surface area is 89.7 Å². The van der Waals surface area contributed by atoms with Gasteiger partial charge in [-0.1, -0.05) is 42.5 Å². The molecule has 0 heterocycles. The van der Waals surface area contributed by atoms with E-state index in [-0.39, 0.29) is 5.20 Å². The van der Waals surface area contributed by atoms with Crippen LogP contribution < -0.4 is 0 Å². The molecule has 0 aliphatic rings. The van der Waals surface area contributed by atoms with Crippen molar-refractivity contribution in [3.05, 3.63) is 54.1 Å². The largest absolute Gasteiger partial charge is 0.269 e. The maximum Gasteiger partial charge on any atom is 0.269 e. The van der Waals surface area contributed by atoms with E-state index in [1.54, 1.807) is 12.1 Å². The molecule has 0 saturated heterocycles. The Kier molecular flexibility index (Phi) is 2.64. The third kappa shape index (κ3) is 1.83. The predicted molar refractivity (Wildman–Crippen MR) is 58.8 cm³/mol. The number of hydrogen-bond acceptors (Lipinski definition) is 0. The maximum absolute atomic E-state index is 12.5. The average molecular weight is 217 g/mol. The molecule has 0 saturated carbocycles. The first kappa shape index (κ1) is 10.0. The molecule has 0 amide bonds. The Morgan fingerprint density at radius 3 is 2.33 bits per heavy atom. The first-order chi connectivity index (χ1) is 7.20. The molecular formula is C12H7F2Si. The molecule has 0 N–H and O–H groups in total. The van der Waals surface area contributed by atoms with Crippen LogP contribution in [0.4, 0.5) is 8.78 Å². The van der Waals surface area contributed by atoms with Gasteiger partial charge in [-0.3, -0.25) is 0 Å².